The zero-order chi connectivity index (χ0) is 14.5. The number of hydrogen-bond donors (Lipinski definition) is 1. The minimum absolute atomic E-state index is 0.154. The Balaban J connectivity index is 2.26. The van der Waals surface area contributed by atoms with Gasteiger partial charge in [-0.15, -0.1) is 11.8 Å². The van der Waals surface area contributed by atoms with E-state index in [-0.39, 0.29) is 6.04 Å². The number of halogens is 1. The van der Waals surface area contributed by atoms with E-state index < -0.39 is 0 Å². The fraction of sp³-hybridized carbons (Fsp3) is 0.400. The largest absolute Gasteiger partial charge is 0.319 e. The van der Waals surface area contributed by atoms with Gasteiger partial charge in [-0.05, 0) is 45.8 Å². The Morgan fingerprint density at radius 2 is 2.00 bits per heavy atom. The first kappa shape index (κ1) is 15.6. The van der Waals surface area contributed by atoms with Crippen LogP contribution in [0.1, 0.15) is 37.6 Å². The zero-order valence-electron chi connectivity index (χ0n) is 11.8. The lowest BCUT2D eigenvalue weighted by Crippen LogP contribution is -2.18. The molecule has 0 aliphatic heterocycles. The standard InChI is InChI=1S/C15H20BrN3S/c1-3-9-19-15(13(16)10-18-19)14(17)11-5-7-12(8-6-11)20-4-2/h5-8,10,14H,3-4,9,17H2,1-2H3. The Bertz CT molecular complexity index is 551. The number of hydrogen-bond acceptors (Lipinski definition) is 3. The minimum Gasteiger partial charge on any atom is -0.319 e. The molecule has 108 valence electrons. The van der Waals surface area contributed by atoms with Gasteiger partial charge in [0.15, 0.2) is 0 Å². The summed E-state index contributed by atoms with van der Waals surface area (Å²) in [5, 5.41) is 4.38. The van der Waals surface area contributed by atoms with Gasteiger partial charge in [0, 0.05) is 11.4 Å². The number of nitrogens with two attached hydrogens (primary N) is 1. The molecule has 0 aliphatic rings. The summed E-state index contributed by atoms with van der Waals surface area (Å²) in [6.45, 7) is 5.19. The minimum atomic E-state index is -0.154. The SMILES string of the molecule is CCCn1ncc(Br)c1C(N)c1ccc(SCC)cc1. The number of aromatic nitrogens is 2. The van der Waals surface area contributed by atoms with E-state index in [2.05, 4.69) is 59.1 Å². The quantitative estimate of drug-likeness (QED) is 0.790. The summed E-state index contributed by atoms with van der Waals surface area (Å²) in [6, 6.07) is 8.34. The van der Waals surface area contributed by atoms with Crippen molar-refractivity contribution in [3.8, 4) is 0 Å². The smallest absolute Gasteiger partial charge is 0.0738 e. The fourth-order valence-electron chi connectivity index (χ4n) is 2.17. The van der Waals surface area contributed by atoms with Crippen molar-refractivity contribution in [1.29, 1.82) is 0 Å². The molecule has 20 heavy (non-hydrogen) atoms. The van der Waals surface area contributed by atoms with Crippen LogP contribution in [0.2, 0.25) is 0 Å². The summed E-state index contributed by atoms with van der Waals surface area (Å²) in [6.07, 6.45) is 2.87. The van der Waals surface area contributed by atoms with Gasteiger partial charge >= 0.3 is 0 Å². The van der Waals surface area contributed by atoms with E-state index in [4.69, 9.17) is 5.73 Å². The first-order valence-corrected chi connectivity index (χ1v) is 8.64. The highest BCUT2D eigenvalue weighted by atomic mass is 79.9. The molecular formula is C15H20BrN3S. The second-order valence-electron chi connectivity index (χ2n) is 4.58. The van der Waals surface area contributed by atoms with Gasteiger partial charge in [0.2, 0.25) is 0 Å². The van der Waals surface area contributed by atoms with Gasteiger partial charge in [-0.25, -0.2) is 0 Å². The molecule has 0 radical (unpaired) electrons. The van der Waals surface area contributed by atoms with Gasteiger partial charge in [0.1, 0.15) is 0 Å². The molecular weight excluding hydrogens is 334 g/mol. The molecule has 1 aromatic heterocycles. The average Bonchev–Trinajstić information content (AvgIpc) is 2.81. The van der Waals surface area contributed by atoms with Gasteiger partial charge < -0.3 is 5.73 Å². The van der Waals surface area contributed by atoms with E-state index in [1.165, 1.54) is 4.90 Å². The van der Waals surface area contributed by atoms with Crippen molar-refractivity contribution in [2.45, 2.75) is 37.8 Å². The third-order valence-corrected chi connectivity index (χ3v) is 4.62. The third kappa shape index (κ3) is 3.45. The number of nitrogens with zero attached hydrogens (tertiary/aromatic N) is 2. The zero-order valence-corrected chi connectivity index (χ0v) is 14.2. The van der Waals surface area contributed by atoms with Gasteiger partial charge in [0.05, 0.1) is 22.4 Å². The predicted octanol–water partition coefficient (Wildman–Crippen LogP) is 4.22. The summed E-state index contributed by atoms with van der Waals surface area (Å²) < 4.78 is 2.97. The van der Waals surface area contributed by atoms with Gasteiger partial charge in [-0.1, -0.05) is 26.0 Å². The summed E-state index contributed by atoms with van der Waals surface area (Å²) in [5.41, 5.74) is 8.58. The van der Waals surface area contributed by atoms with Crippen LogP contribution in [-0.2, 0) is 6.54 Å². The van der Waals surface area contributed by atoms with E-state index >= 15 is 0 Å². The maximum atomic E-state index is 6.42. The average molecular weight is 354 g/mol. The molecule has 1 unspecified atom stereocenters. The molecule has 2 aromatic rings. The molecule has 0 spiro atoms. The van der Waals surface area contributed by atoms with Crippen LogP contribution >= 0.6 is 27.7 Å². The second kappa shape index (κ2) is 7.29. The molecule has 1 aromatic carbocycles. The molecule has 5 heteroatoms. The van der Waals surface area contributed by atoms with E-state index in [0.29, 0.717) is 0 Å². The third-order valence-electron chi connectivity index (χ3n) is 3.11. The van der Waals surface area contributed by atoms with Crippen molar-refractivity contribution in [2.75, 3.05) is 5.75 Å². The molecule has 0 amide bonds. The highest BCUT2D eigenvalue weighted by molar-refractivity contribution is 9.10. The summed E-state index contributed by atoms with van der Waals surface area (Å²) in [7, 11) is 0. The van der Waals surface area contributed by atoms with Crippen LogP contribution in [-0.4, -0.2) is 15.5 Å². The molecule has 0 aliphatic carbocycles. The molecule has 2 rings (SSSR count). The van der Waals surface area contributed by atoms with Gasteiger partial charge in [-0.3, -0.25) is 4.68 Å². The number of benzene rings is 1. The van der Waals surface area contributed by atoms with Crippen LogP contribution < -0.4 is 5.73 Å². The Labute approximate surface area is 133 Å². The van der Waals surface area contributed by atoms with Crippen LogP contribution in [0.5, 0.6) is 0 Å². The van der Waals surface area contributed by atoms with Crippen molar-refractivity contribution in [3.05, 3.63) is 46.2 Å². The first-order valence-electron chi connectivity index (χ1n) is 6.86. The number of rotatable bonds is 6. The lowest BCUT2D eigenvalue weighted by atomic mass is 10.0. The van der Waals surface area contributed by atoms with Crippen LogP contribution in [0, 0.1) is 0 Å². The van der Waals surface area contributed by atoms with Crippen LogP contribution in [0.3, 0.4) is 0 Å². The van der Waals surface area contributed by atoms with E-state index in [9.17, 15) is 0 Å². The number of thioether (sulfide) groups is 1. The molecule has 1 atom stereocenters. The molecule has 0 saturated heterocycles. The van der Waals surface area contributed by atoms with Crippen molar-refractivity contribution in [1.82, 2.24) is 9.78 Å². The maximum absolute atomic E-state index is 6.42. The van der Waals surface area contributed by atoms with Crippen molar-refractivity contribution in [3.63, 3.8) is 0 Å². The monoisotopic (exact) mass is 353 g/mol. The first-order chi connectivity index (χ1) is 9.67. The van der Waals surface area contributed by atoms with Gasteiger partial charge in [-0.2, -0.15) is 5.10 Å². The molecule has 0 saturated carbocycles. The number of aryl methyl sites for hydroxylation is 1. The van der Waals surface area contributed by atoms with Crippen molar-refractivity contribution < 1.29 is 0 Å². The molecule has 2 N–H and O–H groups in total. The van der Waals surface area contributed by atoms with E-state index in [1.807, 2.05) is 22.6 Å². The highest BCUT2D eigenvalue weighted by Crippen LogP contribution is 2.28. The predicted molar refractivity (Wildman–Crippen MR) is 89.1 cm³/mol. The molecule has 0 bridgehead atoms. The highest BCUT2D eigenvalue weighted by Gasteiger charge is 2.17. The normalized spacial score (nSPS) is 12.6. The Kier molecular flexibility index (Phi) is 5.69. The maximum Gasteiger partial charge on any atom is 0.0738 e. The second-order valence-corrected chi connectivity index (χ2v) is 6.77. The Morgan fingerprint density at radius 1 is 1.30 bits per heavy atom. The summed E-state index contributed by atoms with van der Waals surface area (Å²) in [4.78, 5) is 1.28. The Hall–Kier alpha value is -0.780. The summed E-state index contributed by atoms with van der Waals surface area (Å²) in [5.74, 6) is 1.08. The van der Waals surface area contributed by atoms with Crippen molar-refractivity contribution in [2.24, 2.45) is 5.73 Å². The molecule has 0 fully saturated rings. The van der Waals surface area contributed by atoms with Crippen molar-refractivity contribution >= 4 is 27.7 Å². The van der Waals surface area contributed by atoms with E-state index in [0.717, 1.165) is 34.4 Å². The lowest BCUT2D eigenvalue weighted by Gasteiger charge is -2.15. The molecule has 3 nitrogen and oxygen atoms in total. The van der Waals surface area contributed by atoms with Crippen LogP contribution in [0.25, 0.3) is 0 Å². The lowest BCUT2D eigenvalue weighted by molar-refractivity contribution is 0.559. The molecule has 1 heterocycles. The van der Waals surface area contributed by atoms with Crippen LogP contribution in [0.4, 0.5) is 0 Å². The van der Waals surface area contributed by atoms with E-state index in [1.54, 1.807) is 0 Å². The topological polar surface area (TPSA) is 43.8 Å². The fourth-order valence-corrected chi connectivity index (χ4v) is 3.37. The summed E-state index contributed by atoms with van der Waals surface area (Å²) >= 11 is 5.40. The van der Waals surface area contributed by atoms with Crippen LogP contribution in [0.15, 0.2) is 39.8 Å². The Morgan fingerprint density at radius 3 is 2.60 bits per heavy atom. The van der Waals surface area contributed by atoms with Gasteiger partial charge in [0.25, 0.3) is 0 Å².